The van der Waals surface area contributed by atoms with Crippen molar-refractivity contribution in [3.05, 3.63) is 30.1 Å². The third-order valence-corrected chi connectivity index (χ3v) is 3.51. The molecule has 1 heterocycles. The van der Waals surface area contributed by atoms with E-state index in [-0.39, 0.29) is 12.0 Å². The van der Waals surface area contributed by atoms with E-state index in [4.69, 9.17) is 4.74 Å². The van der Waals surface area contributed by atoms with Gasteiger partial charge in [-0.05, 0) is 25.1 Å². The van der Waals surface area contributed by atoms with Crippen molar-refractivity contribution >= 4 is 17.0 Å². The number of rotatable bonds is 7. The summed E-state index contributed by atoms with van der Waals surface area (Å²) in [6.45, 7) is 5.37. The molecule has 0 saturated carbocycles. The third kappa shape index (κ3) is 3.42. The number of hydrogen-bond acceptors (Lipinski definition) is 4. The van der Waals surface area contributed by atoms with E-state index >= 15 is 0 Å². The largest absolute Gasteiger partial charge is 0.468 e. The maximum absolute atomic E-state index is 11.9. The summed E-state index contributed by atoms with van der Waals surface area (Å²) in [6, 6.07) is 7.68. The van der Waals surface area contributed by atoms with Gasteiger partial charge >= 0.3 is 5.97 Å². The summed E-state index contributed by atoms with van der Waals surface area (Å²) in [5.41, 5.74) is 2.04. The van der Waals surface area contributed by atoms with E-state index < -0.39 is 0 Å². The Morgan fingerprint density at radius 2 is 2.14 bits per heavy atom. The molecule has 0 aliphatic carbocycles. The number of likely N-dealkylation sites (N-methyl/N-ethyl adjacent to an activating group) is 1. The molecule has 1 aromatic heterocycles. The summed E-state index contributed by atoms with van der Waals surface area (Å²) in [4.78, 5) is 16.6. The van der Waals surface area contributed by atoms with Gasteiger partial charge in [-0.1, -0.05) is 26.0 Å². The van der Waals surface area contributed by atoms with Gasteiger partial charge in [-0.3, -0.25) is 4.79 Å². The number of aromatic nitrogens is 2. The SMILES string of the molecule is CCCc1nc2ccccc2n1CC(NCC)C(=O)OC. The normalized spacial score (nSPS) is 12.5. The molecule has 0 radical (unpaired) electrons. The van der Waals surface area contributed by atoms with Gasteiger partial charge in [0.1, 0.15) is 11.9 Å². The van der Waals surface area contributed by atoms with Gasteiger partial charge in [0.15, 0.2) is 0 Å². The van der Waals surface area contributed by atoms with Gasteiger partial charge in [-0.2, -0.15) is 0 Å². The average molecular weight is 289 g/mol. The number of aryl methyl sites for hydroxylation is 1. The number of para-hydroxylation sites is 2. The van der Waals surface area contributed by atoms with Gasteiger partial charge in [-0.25, -0.2) is 4.98 Å². The van der Waals surface area contributed by atoms with E-state index in [1.807, 2.05) is 31.2 Å². The zero-order valence-corrected chi connectivity index (χ0v) is 12.9. The van der Waals surface area contributed by atoms with Crippen molar-refractivity contribution < 1.29 is 9.53 Å². The molecule has 114 valence electrons. The number of fused-ring (bicyclic) bond motifs is 1. The number of carbonyl (C=O) groups is 1. The molecule has 5 nitrogen and oxygen atoms in total. The lowest BCUT2D eigenvalue weighted by Gasteiger charge is -2.18. The van der Waals surface area contributed by atoms with Crippen molar-refractivity contribution in [2.24, 2.45) is 0 Å². The summed E-state index contributed by atoms with van der Waals surface area (Å²) in [6.07, 6.45) is 1.92. The average Bonchev–Trinajstić information content (AvgIpc) is 2.84. The number of nitrogens with zero attached hydrogens (tertiary/aromatic N) is 2. The predicted octanol–water partition coefficient (Wildman–Crippen LogP) is 2.14. The molecule has 1 atom stereocenters. The maximum Gasteiger partial charge on any atom is 0.324 e. The molecule has 1 aromatic carbocycles. The lowest BCUT2D eigenvalue weighted by Crippen LogP contribution is -2.41. The minimum absolute atomic E-state index is 0.239. The number of carbonyl (C=O) groups excluding carboxylic acids is 1. The first-order valence-electron chi connectivity index (χ1n) is 7.46. The molecule has 0 spiro atoms. The van der Waals surface area contributed by atoms with Crippen LogP contribution in [0.25, 0.3) is 11.0 Å². The van der Waals surface area contributed by atoms with E-state index in [0.717, 1.165) is 36.2 Å². The number of benzene rings is 1. The van der Waals surface area contributed by atoms with Crippen LogP contribution in [0.5, 0.6) is 0 Å². The molecule has 0 fully saturated rings. The maximum atomic E-state index is 11.9. The molecule has 0 aliphatic rings. The van der Waals surface area contributed by atoms with Crippen molar-refractivity contribution in [2.75, 3.05) is 13.7 Å². The van der Waals surface area contributed by atoms with E-state index in [9.17, 15) is 4.79 Å². The van der Waals surface area contributed by atoms with Gasteiger partial charge in [-0.15, -0.1) is 0 Å². The number of esters is 1. The molecule has 0 bridgehead atoms. The van der Waals surface area contributed by atoms with Crippen molar-refractivity contribution in [1.82, 2.24) is 14.9 Å². The minimum Gasteiger partial charge on any atom is -0.468 e. The van der Waals surface area contributed by atoms with Crippen LogP contribution >= 0.6 is 0 Å². The van der Waals surface area contributed by atoms with Gasteiger partial charge in [0.05, 0.1) is 24.7 Å². The monoisotopic (exact) mass is 289 g/mol. The van der Waals surface area contributed by atoms with Crippen LogP contribution in [0.1, 0.15) is 26.1 Å². The quantitative estimate of drug-likeness (QED) is 0.793. The summed E-state index contributed by atoms with van der Waals surface area (Å²) >= 11 is 0. The first-order valence-corrected chi connectivity index (χ1v) is 7.46. The number of imidazole rings is 1. The highest BCUT2D eigenvalue weighted by Crippen LogP contribution is 2.18. The van der Waals surface area contributed by atoms with E-state index in [0.29, 0.717) is 6.54 Å². The van der Waals surface area contributed by atoms with Crippen molar-refractivity contribution in [3.63, 3.8) is 0 Å². The zero-order valence-electron chi connectivity index (χ0n) is 12.9. The molecule has 2 rings (SSSR count). The van der Waals surface area contributed by atoms with Crippen LogP contribution in [-0.4, -0.2) is 35.2 Å². The molecule has 1 unspecified atom stereocenters. The number of nitrogens with one attached hydrogen (secondary N) is 1. The van der Waals surface area contributed by atoms with Gasteiger partial charge in [0.2, 0.25) is 0 Å². The molecule has 2 aromatic rings. The molecular weight excluding hydrogens is 266 g/mol. The topological polar surface area (TPSA) is 56.2 Å². The smallest absolute Gasteiger partial charge is 0.324 e. The minimum atomic E-state index is -0.354. The fraction of sp³-hybridized carbons (Fsp3) is 0.500. The first-order chi connectivity index (χ1) is 10.2. The number of hydrogen-bond donors (Lipinski definition) is 1. The standard InChI is InChI=1S/C16H23N3O2/c1-4-8-15-18-12-9-6-7-10-14(12)19(15)11-13(17-5-2)16(20)21-3/h6-7,9-10,13,17H,4-5,8,11H2,1-3H3. The fourth-order valence-electron chi connectivity index (χ4n) is 2.54. The lowest BCUT2D eigenvalue weighted by atomic mass is 10.2. The van der Waals surface area contributed by atoms with Gasteiger partial charge < -0.3 is 14.6 Å². The second-order valence-electron chi connectivity index (χ2n) is 5.01. The van der Waals surface area contributed by atoms with Crippen LogP contribution in [0.4, 0.5) is 0 Å². The van der Waals surface area contributed by atoms with E-state index in [1.54, 1.807) is 0 Å². The highest BCUT2D eigenvalue weighted by molar-refractivity contribution is 5.78. The zero-order chi connectivity index (χ0) is 15.2. The Bertz CT molecular complexity index is 607. The predicted molar refractivity (Wildman–Crippen MR) is 83.2 cm³/mol. The molecule has 5 heteroatoms. The number of ether oxygens (including phenoxy) is 1. The summed E-state index contributed by atoms with van der Waals surface area (Å²) in [7, 11) is 1.42. The fourth-order valence-corrected chi connectivity index (χ4v) is 2.54. The van der Waals surface area contributed by atoms with Crippen LogP contribution in [-0.2, 0) is 22.5 Å². The Kier molecular flexibility index (Phi) is 5.33. The van der Waals surface area contributed by atoms with Crippen LogP contribution in [0, 0.1) is 0 Å². The molecule has 1 N–H and O–H groups in total. The van der Waals surface area contributed by atoms with Gasteiger partial charge in [0.25, 0.3) is 0 Å². The Balaban J connectivity index is 2.38. The lowest BCUT2D eigenvalue weighted by molar-refractivity contribution is -0.143. The highest BCUT2D eigenvalue weighted by Gasteiger charge is 2.21. The van der Waals surface area contributed by atoms with Crippen molar-refractivity contribution in [3.8, 4) is 0 Å². The summed E-state index contributed by atoms with van der Waals surface area (Å²) in [5, 5.41) is 3.18. The molecule has 21 heavy (non-hydrogen) atoms. The molecular formula is C16H23N3O2. The van der Waals surface area contributed by atoms with Gasteiger partial charge in [0, 0.05) is 6.42 Å². The Morgan fingerprint density at radius 1 is 1.38 bits per heavy atom. The second kappa shape index (κ2) is 7.22. The van der Waals surface area contributed by atoms with Crippen LogP contribution in [0.15, 0.2) is 24.3 Å². The van der Waals surface area contributed by atoms with Crippen molar-refractivity contribution in [1.29, 1.82) is 0 Å². The van der Waals surface area contributed by atoms with Crippen LogP contribution < -0.4 is 5.32 Å². The summed E-state index contributed by atoms with van der Waals surface area (Å²) in [5.74, 6) is 0.780. The molecule has 0 amide bonds. The van der Waals surface area contributed by atoms with Crippen molar-refractivity contribution in [2.45, 2.75) is 39.3 Å². The third-order valence-electron chi connectivity index (χ3n) is 3.51. The Labute approximate surface area is 125 Å². The van der Waals surface area contributed by atoms with Crippen LogP contribution in [0.3, 0.4) is 0 Å². The summed E-state index contributed by atoms with van der Waals surface area (Å²) < 4.78 is 7.02. The Hall–Kier alpha value is -1.88. The number of methoxy groups -OCH3 is 1. The second-order valence-corrected chi connectivity index (χ2v) is 5.01. The molecule has 0 saturated heterocycles. The van der Waals surface area contributed by atoms with E-state index in [2.05, 4.69) is 21.8 Å². The first kappa shape index (κ1) is 15.5. The highest BCUT2D eigenvalue weighted by atomic mass is 16.5. The Morgan fingerprint density at radius 3 is 2.81 bits per heavy atom. The molecule has 0 aliphatic heterocycles. The van der Waals surface area contributed by atoms with Crippen LogP contribution in [0.2, 0.25) is 0 Å². The van der Waals surface area contributed by atoms with E-state index in [1.165, 1.54) is 7.11 Å².